The highest BCUT2D eigenvalue weighted by atomic mass is 14.9. The summed E-state index contributed by atoms with van der Waals surface area (Å²) < 4.78 is 0. The summed E-state index contributed by atoms with van der Waals surface area (Å²) in [4.78, 5) is 0. The smallest absolute Gasteiger partial charge is 0.0210 e. The highest BCUT2D eigenvalue weighted by molar-refractivity contribution is 5.43. The van der Waals surface area contributed by atoms with Gasteiger partial charge < -0.3 is 11.1 Å². The third kappa shape index (κ3) is 4.11. The Morgan fingerprint density at radius 3 is 2.00 bits per heavy atom. The first-order valence-electron chi connectivity index (χ1n) is 6.78. The summed E-state index contributed by atoms with van der Waals surface area (Å²) in [6, 6.07) is 2.27. The van der Waals surface area contributed by atoms with Crippen LogP contribution in [0.2, 0.25) is 0 Å². The van der Waals surface area contributed by atoms with E-state index < -0.39 is 0 Å². The van der Waals surface area contributed by atoms with Gasteiger partial charge in [-0.05, 0) is 82.3 Å². The molecule has 0 heterocycles. The van der Waals surface area contributed by atoms with Gasteiger partial charge in [-0.25, -0.2) is 0 Å². The quantitative estimate of drug-likeness (QED) is 0.786. The van der Waals surface area contributed by atoms with Crippen molar-refractivity contribution in [2.24, 2.45) is 5.73 Å². The van der Waals surface area contributed by atoms with Gasteiger partial charge in [0.15, 0.2) is 0 Å². The minimum Gasteiger partial charge on any atom is -0.326 e. The molecule has 0 aromatic heterocycles. The first kappa shape index (κ1) is 15.2. The van der Waals surface area contributed by atoms with Crippen LogP contribution >= 0.6 is 0 Å². The van der Waals surface area contributed by atoms with Crippen molar-refractivity contribution in [2.75, 3.05) is 6.54 Å². The number of hydrogen-bond acceptors (Lipinski definition) is 2. The Hall–Kier alpha value is -0.860. The fourth-order valence-corrected chi connectivity index (χ4v) is 2.19. The molecule has 0 radical (unpaired) electrons. The van der Waals surface area contributed by atoms with E-state index in [1.54, 1.807) is 0 Å². The van der Waals surface area contributed by atoms with E-state index in [1.807, 2.05) is 0 Å². The van der Waals surface area contributed by atoms with Crippen molar-refractivity contribution in [3.05, 3.63) is 33.9 Å². The minimum atomic E-state index is -0.0837. The van der Waals surface area contributed by atoms with Crippen molar-refractivity contribution in [2.45, 2.75) is 60.0 Å². The standard InChI is InChI=1S/C16H28N2/c1-11-9-12(2)14(4)15(13(11)3)10-18-8-7-16(5,6)17/h9,18H,7-8,10,17H2,1-6H3. The summed E-state index contributed by atoms with van der Waals surface area (Å²) in [6.07, 6.45) is 0.996. The molecule has 0 aliphatic heterocycles. The van der Waals surface area contributed by atoms with E-state index in [0.29, 0.717) is 0 Å². The summed E-state index contributed by atoms with van der Waals surface area (Å²) in [6.45, 7) is 14.9. The lowest BCUT2D eigenvalue weighted by atomic mass is 9.94. The normalized spacial score (nSPS) is 11.9. The van der Waals surface area contributed by atoms with Crippen LogP contribution in [0.3, 0.4) is 0 Å². The van der Waals surface area contributed by atoms with Crippen LogP contribution in [0.15, 0.2) is 6.07 Å². The summed E-state index contributed by atoms with van der Waals surface area (Å²) in [5.74, 6) is 0. The van der Waals surface area contributed by atoms with E-state index in [9.17, 15) is 0 Å². The Morgan fingerprint density at radius 1 is 1.06 bits per heavy atom. The van der Waals surface area contributed by atoms with Crippen LogP contribution in [0.4, 0.5) is 0 Å². The number of rotatable bonds is 5. The van der Waals surface area contributed by atoms with E-state index in [2.05, 4.69) is 52.9 Å². The molecule has 3 N–H and O–H groups in total. The summed E-state index contributed by atoms with van der Waals surface area (Å²) in [7, 11) is 0. The minimum absolute atomic E-state index is 0.0837. The van der Waals surface area contributed by atoms with Gasteiger partial charge in [0, 0.05) is 12.1 Å². The molecule has 1 aromatic carbocycles. The summed E-state index contributed by atoms with van der Waals surface area (Å²) in [5, 5.41) is 3.51. The van der Waals surface area contributed by atoms with Gasteiger partial charge >= 0.3 is 0 Å². The molecule has 0 aliphatic rings. The Kier molecular flexibility index (Phi) is 4.94. The lowest BCUT2D eigenvalue weighted by Gasteiger charge is -2.20. The second-order valence-corrected chi connectivity index (χ2v) is 6.15. The number of aryl methyl sites for hydroxylation is 2. The molecule has 0 unspecified atom stereocenters. The van der Waals surface area contributed by atoms with Crippen molar-refractivity contribution in [3.8, 4) is 0 Å². The van der Waals surface area contributed by atoms with E-state index in [0.717, 1.165) is 19.5 Å². The van der Waals surface area contributed by atoms with E-state index >= 15 is 0 Å². The lowest BCUT2D eigenvalue weighted by molar-refractivity contribution is 0.454. The monoisotopic (exact) mass is 248 g/mol. The molecule has 0 saturated heterocycles. The molecule has 1 rings (SSSR count). The van der Waals surface area contributed by atoms with Gasteiger partial charge in [-0.3, -0.25) is 0 Å². The predicted octanol–water partition coefficient (Wildman–Crippen LogP) is 3.14. The molecule has 0 atom stereocenters. The van der Waals surface area contributed by atoms with Crippen molar-refractivity contribution < 1.29 is 0 Å². The van der Waals surface area contributed by atoms with Crippen molar-refractivity contribution in [1.29, 1.82) is 0 Å². The number of hydrogen-bond donors (Lipinski definition) is 2. The molecule has 1 aromatic rings. The molecule has 0 saturated carbocycles. The van der Waals surface area contributed by atoms with Gasteiger partial charge in [-0.15, -0.1) is 0 Å². The molecule has 0 aliphatic carbocycles. The van der Waals surface area contributed by atoms with Crippen LogP contribution in [-0.4, -0.2) is 12.1 Å². The van der Waals surface area contributed by atoms with Gasteiger partial charge in [0.25, 0.3) is 0 Å². The molecule has 2 heteroatoms. The van der Waals surface area contributed by atoms with Crippen molar-refractivity contribution >= 4 is 0 Å². The van der Waals surface area contributed by atoms with Gasteiger partial charge in [0.05, 0.1) is 0 Å². The highest BCUT2D eigenvalue weighted by Crippen LogP contribution is 2.21. The number of benzene rings is 1. The van der Waals surface area contributed by atoms with Crippen molar-refractivity contribution in [1.82, 2.24) is 5.32 Å². The molecular weight excluding hydrogens is 220 g/mol. The molecule has 0 spiro atoms. The average Bonchev–Trinajstić information content (AvgIpc) is 2.24. The summed E-state index contributed by atoms with van der Waals surface area (Å²) in [5.41, 5.74) is 12.9. The Bertz CT molecular complexity index is 388. The fraction of sp³-hybridized carbons (Fsp3) is 0.625. The Balaban J connectivity index is 2.68. The maximum Gasteiger partial charge on any atom is 0.0210 e. The molecular formula is C16H28N2. The number of nitrogens with one attached hydrogen (secondary N) is 1. The Morgan fingerprint density at radius 2 is 1.56 bits per heavy atom. The van der Waals surface area contributed by atoms with Gasteiger partial charge in [0.2, 0.25) is 0 Å². The largest absolute Gasteiger partial charge is 0.326 e. The third-order valence-electron chi connectivity index (χ3n) is 3.77. The molecule has 2 nitrogen and oxygen atoms in total. The topological polar surface area (TPSA) is 38.0 Å². The van der Waals surface area contributed by atoms with Crippen LogP contribution in [0.25, 0.3) is 0 Å². The molecule has 18 heavy (non-hydrogen) atoms. The zero-order valence-corrected chi connectivity index (χ0v) is 12.8. The van der Waals surface area contributed by atoms with E-state index in [1.165, 1.54) is 27.8 Å². The zero-order chi connectivity index (χ0) is 13.9. The summed E-state index contributed by atoms with van der Waals surface area (Å²) >= 11 is 0. The predicted molar refractivity (Wildman–Crippen MR) is 80.0 cm³/mol. The second kappa shape index (κ2) is 5.85. The SMILES string of the molecule is Cc1cc(C)c(C)c(CNCCC(C)(C)N)c1C. The molecule has 0 bridgehead atoms. The van der Waals surface area contributed by atoms with Crippen LogP contribution in [-0.2, 0) is 6.54 Å². The second-order valence-electron chi connectivity index (χ2n) is 6.15. The van der Waals surface area contributed by atoms with Crippen LogP contribution < -0.4 is 11.1 Å². The highest BCUT2D eigenvalue weighted by Gasteiger charge is 2.11. The molecule has 0 amide bonds. The molecule has 102 valence electrons. The first-order chi connectivity index (χ1) is 8.22. The fourth-order valence-electron chi connectivity index (χ4n) is 2.19. The van der Waals surface area contributed by atoms with Crippen LogP contribution in [0, 0.1) is 27.7 Å². The van der Waals surface area contributed by atoms with Crippen LogP contribution in [0.5, 0.6) is 0 Å². The van der Waals surface area contributed by atoms with Gasteiger partial charge in [-0.1, -0.05) is 6.07 Å². The van der Waals surface area contributed by atoms with Gasteiger partial charge in [0.1, 0.15) is 0 Å². The number of nitrogens with two attached hydrogens (primary N) is 1. The molecule has 0 fully saturated rings. The van der Waals surface area contributed by atoms with Gasteiger partial charge in [-0.2, -0.15) is 0 Å². The maximum atomic E-state index is 5.98. The van der Waals surface area contributed by atoms with E-state index in [4.69, 9.17) is 5.73 Å². The zero-order valence-electron chi connectivity index (χ0n) is 12.8. The maximum absolute atomic E-state index is 5.98. The Labute approximate surface area is 112 Å². The van der Waals surface area contributed by atoms with Crippen molar-refractivity contribution in [3.63, 3.8) is 0 Å². The lowest BCUT2D eigenvalue weighted by Crippen LogP contribution is -2.35. The average molecular weight is 248 g/mol. The van der Waals surface area contributed by atoms with E-state index in [-0.39, 0.29) is 5.54 Å². The first-order valence-corrected chi connectivity index (χ1v) is 6.78. The third-order valence-corrected chi connectivity index (χ3v) is 3.77. The van der Waals surface area contributed by atoms with Crippen LogP contribution in [0.1, 0.15) is 48.1 Å².